The second-order valence-corrected chi connectivity index (χ2v) is 5.33. The lowest BCUT2D eigenvalue weighted by atomic mass is 10.1. The fraction of sp³-hybridized carbons (Fsp3) is 0.273. The van der Waals surface area contributed by atoms with Gasteiger partial charge in [-0.3, -0.25) is 0 Å². The van der Waals surface area contributed by atoms with Gasteiger partial charge in [-0.25, -0.2) is 0 Å². The summed E-state index contributed by atoms with van der Waals surface area (Å²) >= 11 is 5.21. The molecule has 0 saturated heterocycles. The SMILES string of the molecule is Cc1ccoc1C(N)Cc1sccc1Br. The minimum atomic E-state index is -0.0602. The van der Waals surface area contributed by atoms with Crippen molar-refractivity contribution in [1.82, 2.24) is 0 Å². The molecule has 0 bridgehead atoms. The summed E-state index contributed by atoms with van der Waals surface area (Å²) in [5.41, 5.74) is 7.21. The smallest absolute Gasteiger partial charge is 0.123 e. The van der Waals surface area contributed by atoms with E-state index >= 15 is 0 Å². The highest BCUT2D eigenvalue weighted by molar-refractivity contribution is 9.10. The van der Waals surface area contributed by atoms with Gasteiger partial charge in [0.25, 0.3) is 0 Å². The van der Waals surface area contributed by atoms with Crippen molar-refractivity contribution >= 4 is 27.3 Å². The van der Waals surface area contributed by atoms with E-state index in [-0.39, 0.29) is 6.04 Å². The second kappa shape index (κ2) is 4.51. The van der Waals surface area contributed by atoms with Crippen LogP contribution in [0.5, 0.6) is 0 Å². The summed E-state index contributed by atoms with van der Waals surface area (Å²) in [6.07, 6.45) is 2.50. The molecule has 0 aliphatic carbocycles. The molecule has 2 aromatic rings. The van der Waals surface area contributed by atoms with Crippen LogP contribution in [0, 0.1) is 6.92 Å². The van der Waals surface area contributed by atoms with E-state index in [1.165, 1.54) is 4.88 Å². The first-order valence-corrected chi connectivity index (χ1v) is 6.37. The molecule has 2 rings (SSSR count). The number of thiophene rings is 1. The van der Waals surface area contributed by atoms with Crippen LogP contribution in [0.3, 0.4) is 0 Å². The molecule has 0 radical (unpaired) electrons. The van der Waals surface area contributed by atoms with E-state index in [0.717, 1.165) is 22.2 Å². The zero-order chi connectivity index (χ0) is 10.8. The molecule has 15 heavy (non-hydrogen) atoms. The van der Waals surface area contributed by atoms with Gasteiger partial charge in [-0.2, -0.15) is 0 Å². The quantitative estimate of drug-likeness (QED) is 0.935. The maximum Gasteiger partial charge on any atom is 0.123 e. The maximum absolute atomic E-state index is 6.09. The van der Waals surface area contributed by atoms with Crippen molar-refractivity contribution in [3.63, 3.8) is 0 Å². The molecule has 0 fully saturated rings. The fourth-order valence-corrected chi connectivity index (χ4v) is 3.10. The molecule has 0 aromatic carbocycles. The van der Waals surface area contributed by atoms with Gasteiger partial charge in [-0.05, 0) is 45.9 Å². The number of rotatable bonds is 3. The van der Waals surface area contributed by atoms with Gasteiger partial charge < -0.3 is 10.2 Å². The third-order valence-corrected chi connectivity index (χ3v) is 4.28. The standard InChI is InChI=1S/C11H12BrNOS/c1-7-2-4-14-11(7)9(13)6-10-8(12)3-5-15-10/h2-5,9H,6,13H2,1H3. The maximum atomic E-state index is 6.09. The topological polar surface area (TPSA) is 39.2 Å². The predicted molar refractivity (Wildman–Crippen MR) is 66.1 cm³/mol. The van der Waals surface area contributed by atoms with Crippen molar-refractivity contribution in [3.8, 4) is 0 Å². The van der Waals surface area contributed by atoms with Gasteiger partial charge in [0.1, 0.15) is 5.76 Å². The summed E-state index contributed by atoms with van der Waals surface area (Å²) < 4.78 is 6.51. The Morgan fingerprint density at radius 3 is 2.87 bits per heavy atom. The van der Waals surface area contributed by atoms with Gasteiger partial charge in [0.2, 0.25) is 0 Å². The highest BCUT2D eigenvalue weighted by Crippen LogP contribution is 2.28. The van der Waals surface area contributed by atoms with Gasteiger partial charge in [-0.1, -0.05) is 0 Å². The van der Waals surface area contributed by atoms with E-state index in [1.807, 2.05) is 19.1 Å². The van der Waals surface area contributed by atoms with E-state index in [4.69, 9.17) is 10.2 Å². The van der Waals surface area contributed by atoms with Gasteiger partial charge in [0.05, 0.1) is 12.3 Å². The Morgan fingerprint density at radius 2 is 2.33 bits per heavy atom. The van der Waals surface area contributed by atoms with Gasteiger partial charge in [0, 0.05) is 15.8 Å². The van der Waals surface area contributed by atoms with Crippen molar-refractivity contribution in [2.45, 2.75) is 19.4 Å². The number of hydrogen-bond acceptors (Lipinski definition) is 3. The molecule has 1 unspecified atom stereocenters. The van der Waals surface area contributed by atoms with Gasteiger partial charge in [-0.15, -0.1) is 11.3 Å². The first kappa shape index (κ1) is 10.9. The highest BCUT2D eigenvalue weighted by atomic mass is 79.9. The summed E-state index contributed by atoms with van der Waals surface area (Å²) in [5, 5.41) is 2.06. The van der Waals surface area contributed by atoms with Crippen molar-refractivity contribution < 1.29 is 4.42 Å². The van der Waals surface area contributed by atoms with Crippen LogP contribution in [0.1, 0.15) is 22.2 Å². The van der Waals surface area contributed by atoms with Gasteiger partial charge in [0.15, 0.2) is 0 Å². The molecule has 0 amide bonds. The Morgan fingerprint density at radius 1 is 1.53 bits per heavy atom. The van der Waals surface area contributed by atoms with E-state index < -0.39 is 0 Å². The van der Waals surface area contributed by atoms with Crippen LogP contribution in [0.2, 0.25) is 0 Å². The molecule has 2 aromatic heterocycles. The molecule has 80 valence electrons. The van der Waals surface area contributed by atoms with Crippen molar-refractivity contribution in [2.75, 3.05) is 0 Å². The monoisotopic (exact) mass is 285 g/mol. The van der Waals surface area contributed by atoms with Crippen LogP contribution in [-0.4, -0.2) is 0 Å². The van der Waals surface area contributed by atoms with Crippen LogP contribution >= 0.6 is 27.3 Å². The van der Waals surface area contributed by atoms with E-state index in [2.05, 4.69) is 21.3 Å². The fourth-order valence-electron chi connectivity index (χ4n) is 1.53. The lowest BCUT2D eigenvalue weighted by molar-refractivity contribution is 0.462. The summed E-state index contributed by atoms with van der Waals surface area (Å²) in [7, 11) is 0. The number of aryl methyl sites for hydroxylation is 1. The molecule has 0 aliphatic heterocycles. The predicted octanol–water partition coefficient (Wildman–Crippen LogP) is 3.65. The van der Waals surface area contributed by atoms with Crippen LogP contribution in [0.25, 0.3) is 0 Å². The molecular formula is C11H12BrNOS. The molecule has 2 N–H and O–H groups in total. The van der Waals surface area contributed by atoms with Crippen molar-refractivity contribution in [3.05, 3.63) is 44.4 Å². The Balaban J connectivity index is 2.14. The van der Waals surface area contributed by atoms with Crippen molar-refractivity contribution in [2.24, 2.45) is 5.73 Å². The molecule has 2 heterocycles. The zero-order valence-electron chi connectivity index (χ0n) is 8.37. The normalized spacial score (nSPS) is 13.0. The number of nitrogens with two attached hydrogens (primary N) is 1. The van der Waals surface area contributed by atoms with Crippen LogP contribution in [0.15, 0.2) is 32.7 Å². The number of halogens is 1. The summed E-state index contributed by atoms with van der Waals surface area (Å²) in [6.45, 7) is 2.02. The third-order valence-electron chi connectivity index (χ3n) is 2.33. The Kier molecular flexibility index (Phi) is 3.29. The Labute approximate surface area is 101 Å². The number of hydrogen-bond donors (Lipinski definition) is 1. The summed E-state index contributed by atoms with van der Waals surface area (Å²) in [6, 6.07) is 3.93. The average Bonchev–Trinajstić information content (AvgIpc) is 2.76. The summed E-state index contributed by atoms with van der Waals surface area (Å²) in [5.74, 6) is 0.885. The molecule has 1 atom stereocenters. The lowest BCUT2D eigenvalue weighted by Crippen LogP contribution is -2.13. The average molecular weight is 286 g/mol. The minimum Gasteiger partial charge on any atom is -0.467 e. The molecule has 4 heteroatoms. The Hall–Kier alpha value is -0.580. The third kappa shape index (κ3) is 2.33. The lowest BCUT2D eigenvalue weighted by Gasteiger charge is -2.08. The second-order valence-electron chi connectivity index (χ2n) is 3.47. The van der Waals surface area contributed by atoms with Gasteiger partial charge >= 0.3 is 0 Å². The number of furan rings is 1. The van der Waals surface area contributed by atoms with E-state index in [1.54, 1.807) is 17.6 Å². The van der Waals surface area contributed by atoms with Crippen molar-refractivity contribution in [1.29, 1.82) is 0 Å². The van der Waals surface area contributed by atoms with Crippen LogP contribution in [-0.2, 0) is 6.42 Å². The molecule has 2 nitrogen and oxygen atoms in total. The molecule has 0 spiro atoms. The zero-order valence-corrected chi connectivity index (χ0v) is 10.8. The van der Waals surface area contributed by atoms with E-state index in [9.17, 15) is 0 Å². The Bertz CT molecular complexity index is 449. The summed E-state index contributed by atoms with van der Waals surface area (Å²) in [4.78, 5) is 1.26. The largest absolute Gasteiger partial charge is 0.467 e. The highest BCUT2D eigenvalue weighted by Gasteiger charge is 2.15. The van der Waals surface area contributed by atoms with Crippen LogP contribution < -0.4 is 5.73 Å². The minimum absolute atomic E-state index is 0.0602. The first-order chi connectivity index (χ1) is 7.18. The first-order valence-electron chi connectivity index (χ1n) is 4.70. The van der Waals surface area contributed by atoms with Crippen LogP contribution in [0.4, 0.5) is 0 Å². The molecule has 0 aliphatic rings. The molecular weight excluding hydrogens is 274 g/mol. The van der Waals surface area contributed by atoms with E-state index in [0.29, 0.717) is 0 Å². The molecule has 0 saturated carbocycles.